The van der Waals surface area contributed by atoms with E-state index in [1.54, 1.807) is 54.6 Å². The molecular formula is C33H26F5NO6S. The van der Waals surface area contributed by atoms with Crippen LogP contribution in [0.4, 0.5) is 22.0 Å². The molecule has 7 nitrogen and oxygen atoms in total. The fourth-order valence-corrected chi connectivity index (χ4v) is 5.91. The highest BCUT2D eigenvalue weighted by Gasteiger charge is 2.33. The number of rotatable bonds is 10. The second kappa shape index (κ2) is 14.4. The van der Waals surface area contributed by atoms with Gasteiger partial charge in [0.05, 0.1) is 24.4 Å². The number of hydrogen-bond acceptors (Lipinski definition) is 6. The summed E-state index contributed by atoms with van der Waals surface area (Å²) in [5.74, 6) is -13.3. The van der Waals surface area contributed by atoms with Crippen LogP contribution in [0.25, 0.3) is 0 Å². The number of ether oxygens (including phenoxy) is 2. The summed E-state index contributed by atoms with van der Waals surface area (Å²) in [6, 6.07) is 20.3. The molecule has 3 unspecified atom stereocenters. The Hall–Kier alpha value is -4.30. The summed E-state index contributed by atoms with van der Waals surface area (Å²) in [7, 11) is 0. The smallest absolute Gasteiger partial charge is 0.336 e. The summed E-state index contributed by atoms with van der Waals surface area (Å²) in [6.07, 6.45) is -1.17. The molecule has 0 aliphatic carbocycles. The van der Waals surface area contributed by atoms with E-state index in [1.165, 1.54) is 17.8 Å². The van der Waals surface area contributed by atoms with Gasteiger partial charge in [0.2, 0.25) is 5.82 Å². The topological polar surface area (TPSA) is 105 Å². The lowest BCUT2D eigenvalue weighted by Gasteiger charge is -2.36. The van der Waals surface area contributed by atoms with Crippen molar-refractivity contribution in [1.82, 2.24) is 5.32 Å². The molecule has 4 aromatic carbocycles. The van der Waals surface area contributed by atoms with Crippen LogP contribution in [0, 0.1) is 29.1 Å². The number of carboxylic acids is 1. The van der Waals surface area contributed by atoms with E-state index in [0.29, 0.717) is 28.2 Å². The number of amides is 1. The van der Waals surface area contributed by atoms with Gasteiger partial charge in [-0.25, -0.2) is 26.7 Å². The second-order valence-electron chi connectivity index (χ2n) is 10.3. The number of aliphatic hydroxyl groups excluding tert-OH is 1. The van der Waals surface area contributed by atoms with Crippen LogP contribution in [0.5, 0.6) is 0 Å². The molecule has 0 spiro atoms. The monoisotopic (exact) mass is 659 g/mol. The van der Waals surface area contributed by atoms with E-state index in [1.807, 2.05) is 12.1 Å². The molecule has 1 heterocycles. The Morgan fingerprint density at radius 2 is 1.37 bits per heavy atom. The maximum absolute atomic E-state index is 14.0. The number of benzene rings is 4. The molecule has 1 aliphatic rings. The van der Waals surface area contributed by atoms with E-state index < -0.39 is 58.9 Å². The Morgan fingerprint density at radius 1 is 0.783 bits per heavy atom. The number of hydrogen-bond donors (Lipinski definition) is 3. The van der Waals surface area contributed by atoms with Crippen LogP contribution in [0.15, 0.2) is 77.7 Å². The maximum atomic E-state index is 14.0. The lowest BCUT2D eigenvalue weighted by Crippen LogP contribution is -2.31. The van der Waals surface area contributed by atoms with Crippen molar-refractivity contribution in [3.63, 3.8) is 0 Å². The number of aromatic carboxylic acids is 1. The lowest BCUT2D eigenvalue weighted by atomic mass is 10.0. The Balaban J connectivity index is 1.31. The van der Waals surface area contributed by atoms with Gasteiger partial charge in [0.1, 0.15) is 5.56 Å². The van der Waals surface area contributed by atoms with Crippen molar-refractivity contribution in [2.75, 3.05) is 5.75 Å². The first-order valence-electron chi connectivity index (χ1n) is 13.9. The van der Waals surface area contributed by atoms with Crippen molar-refractivity contribution in [2.24, 2.45) is 0 Å². The lowest BCUT2D eigenvalue weighted by molar-refractivity contribution is -0.245. The van der Waals surface area contributed by atoms with E-state index in [-0.39, 0.29) is 24.8 Å². The molecule has 4 aromatic rings. The van der Waals surface area contributed by atoms with E-state index >= 15 is 0 Å². The van der Waals surface area contributed by atoms with Gasteiger partial charge in [-0.2, -0.15) is 0 Å². The fourth-order valence-electron chi connectivity index (χ4n) is 4.84. The minimum Gasteiger partial charge on any atom is -0.478 e. The van der Waals surface area contributed by atoms with Crippen LogP contribution >= 0.6 is 11.8 Å². The molecule has 3 atom stereocenters. The number of aliphatic hydroxyl groups is 1. The van der Waals surface area contributed by atoms with Crippen LogP contribution < -0.4 is 5.32 Å². The average molecular weight is 660 g/mol. The molecule has 46 heavy (non-hydrogen) atoms. The maximum Gasteiger partial charge on any atom is 0.336 e. The van der Waals surface area contributed by atoms with Crippen molar-refractivity contribution in [3.8, 4) is 0 Å². The molecule has 13 heteroatoms. The van der Waals surface area contributed by atoms with Crippen LogP contribution in [0.2, 0.25) is 0 Å². The first kappa shape index (κ1) is 33.1. The Kier molecular flexibility index (Phi) is 10.4. The molecule has 0 radical (unpaired) electrons. The van der Waals surface area contributed by atoms with Gasteiger partial charge in [-0.3, -0.25) is 4.79 Å². The molecule has 1 aliphatic heterocycles. The van der Waals surface area contributed by atoms with Crippen molar-refractivity contribution in [3.05, 3.63) is 135 Å². The second-order valence-corrected chi connectivity index (χ2v) is 11.4. The number of carbonyl (C=O) groups excluding carboxylic acids is 1. The number of nitrogens with one attached hydrogen (secondary N) is 1. The summed E-state index contributed by atoms with van der Waals surface area (Å²) in [5, 5.41) is 21.1. The van der Waals surface area contributed by atoms with Gasteiger partial charge in [-0.1, -0.05) is 60.7 Å². The van der Waals surface area contributed by atoms with Gasteiger partial charge in [-0.05, 0) is 28.8 Å². The van der Waals surface area contributed by atoms with E-state index in [9.17, 15) is 41.8 Å². The summed E-state index contributed by atoms with van der Waals surface area (Å²) < 4.78 is 81.0. The summed E-state index contributed by atoms with van der Waals surface area (Å²) in [5.41, 5.74) is 1.21. The zero-order valence-corrected chi connectivity index (χ0v) is 24.6. The number of carbonyl (C=O) groups is 2. The van der Waals surface area contributed by atoms with Gasteiger partial charge in [0.15, 0.2) is 29.6 Å². The van der Waals surface area contributed by atoms with Gasteiger partial charge < -0.3 is 25.0 Å². The number of halogens is 5. The third kappa shape index (κ3) is 7.23. The van der Waals surface area contributed by atoms with Crippen molar-refractivity contribution in [2.45, 2.75) is 43.0 Å². The first-order valence-corrected chi connectivity index (χ1v) is 14.9. The van der Waals surface area contributed by atoms with Crippen molar-refractivity contribution >= 4 is 23.6 Å². The van der Waals surface area contributed by atoms with Crippen molar-refractivity contribution in [1.29, 1.82) is 0 Å². The van der Waals surface area contributed by atoms with E-state index in [4.69, 9.17) is 9.47 Å². The van der Waals surface area contributed by atoms with E-state index in [2.05, 4.69) is 5.32 Å². The highest BCUT2D eigenvalue weighted by Crippen LogP contribution is 2.40. The van der Waals surface area contributed by atoms with Crippen LogP contribution in [0.3, 0.4) is 0 Å². The molecule has 0 aromatic heterocycles. The normalized spacial score (nSPS) is 17.9. The Morgan fingerprint density at radius 3 is 2.00 bits per heavy atom. The summed E-state index contributed by atoms with van der Waals surface area (Å²) >= 11 is 1.34. The highest BCUT2D eigenvalue weighted by molar-refractivity contribution is 7.99. The molecule has 0 saturated carbocycles. The van der Waals surface area contributed by atoms with Crippen LogP contribution in [-0.4, -0.2) is 33.9 Å². The SMILES string of the molecule is O=C(O)c1ccccc1SCC1CC(c2ccc(CO)cc2)OC(c2ccc(CNC(=O)c3c(F)c(F)c(F)c(F)c3F)cc2)O1. The zero-order valence-electron chi connectivity index (χ0n) is 23.8. The molecule has 240 valence electrons. The molecular weight excluding hydrogens is 633 g/mol. The standard InChI is InChI=1S/C33H26F5NO6S/c34-26-25(27(35)29(37)30(38)28(26)36)31(41)39-14-17-5-11-20(12-6-17)33-44-21(16-46-24-4-2-1-3-22(24)32(42)43)13-23(45-33)19-9-7-18(15-40)8-10-19/h1-12,21,23,33,40H,13-16H2,(H,39,41)(H,42,43). The van der Waals surface area contributed by atoms with Crippen LogP contribution in [-0.2, 0) is 22.6 Å². The quantitative estimate of drug-likeness (QED) is 0.0741. The highest BCUT2D eigenvalue weighted by atomic mass is 32.2. The predicted molar refractivity (Wildman–Crippen MR) is 156 cm³/mol. The van der Waals surface area contributed by atoms with Gasteiger partial charge in [-0.15, -0.1) is 11.8 Å². The largest absolute Gasteiger partial charge is 0.478 e. The fraction of sp³-hybridized carbons (Fsp3) is 0.212. The molecule has 1 fully saturated rings. The third-order valence-corrected chi connectivity index (χ3v) is 8.50. The molecule has 1 amide bonds. The zero-order chi connectivity index (χ0) is 33.0. The summed E-state index contributed by atoms with van der Waals surface area (Å²) in [6.45, 7) is -0.402. The molecule has 5 rings (SSSR count). The molecule has 3 N–H and O–H groups in total. The van der Waals surface area contributed by atoms with Crippen LogP contribution in [0.1, 0.15) is 61.8 Å². The van der Waals surface area contributed by atoms with E-state index in [0.717, 1.165) is 11.1 Å². The Labute approximate surface area is 264 Å². The third-order valence-electron chi connectivity index (χ3n) is 7.30. The first-order chi connectivity index (χ1) is 22.1. The minimum atomic E-state index is -2.36. The van der Waals surface area contributed by atoms with Gasteiger partial charge in [0, 0.05) is 29.2 Å². The van der Waals surface area contributed by atoms with Gasteiger partial charge >= 0.3 is 5.97 Å². The number of thioether (sulfide) groups is 1. The van der Waals surface area contributed by atoms with Gasteiger partial charge in [0.25, 0.3) is 5.91 Å². The Bertz CT molecular complexity index is 1710. The minimum absolute atomic E-state index is 0.117. The number of carboxylic acid groups (broad SMARTS) is 1. The predicted octanol–water partition coefficient (Wildman–Crippen LogP) is 6.84. The molecule has 1 saturated heterocycles. The van der Waals surface area contributed by atoms with Crippen molar-refractivity contribution < 1.29 is 51.2 Å². The summed E-state index contributed by atoms with van der Waals surface area (Å²) in [4.78, 5) is 24.6. The molecule has 0 bridgehead atoms. The average Bonchev–Trinajstić information content (AvgIpc) is 3.08.